The minimum atomic E-state index is 0.00907. The number of hydrogen-bond acceptors (Lipinski definition) is 3. The molecule has 0 aromatic heterocycles. The number of ketones is 2. The van der Waals surface area contributed by atoms with Crippen LogP contribution in [0.5, 0.6) is 5.75 Å². The van der Waals surface area contributed by atoms with Crippen molar-refractivity contribution in [3.63, 3.8) is 0 Å². The highest BCUT2D eigenvalue weighted by atomic mass is 16.5. The third kappa shape index (κ3) is 2.61. The Morgan fingerprint density at radius 1 is 1.44 bits per heavy atom. The highest BCUT2D eigenvalue weighted by molar-refractivity contribution is 6.00. The molecule has 96 valence electrons. The van der Waals surface area contributed by atoms with Gasteiger partial charge >= 0.3 is 0 Å². The third-order valence-corrected chi connectivity index (χ3v) is 3.56. The first kappa shape index (κ1) is 12.8. The largest absolute Gasteiger partial charge is 0.497 e. The predicted octanol–water partition coefficient (Wildman–Crippen LogP) is 2.81. The van der Waals surface area contributed by atoms with E-state index in [0.717, 1.165) is 29.7 Å². The van der Waals surface area contributed by atoms with Crippen molar-refractivity contribution in [1.82, 2.24) is 0 Å². The van der Waals surface area contributed by atoms with E-state index in [9.17, 15) is 9.59 Å². The minimum absolute atomic E-state index is 0.00907. The summed E-state index contributed by atoms with van der Waals surface area (Å²) in [6.07, 6.45) is 2.91. The zero-order valence-corrected chi connectivity index (χ0v) is 10.9. The van der Waals surface area contributed by atoms with Crippen LogP contribution in [0.15, 0.2) is 18.2 Å². The van der Waals surface area contributed by atoms with E-state index in [-0.39, 0.29) is 17.5 Å². The van der Waals surface area contributed by atoms with E-state index in [4.69, 9.17) is 4.74 Å². The summed E-state index contributed by atoms with van der Waals surface area (Å²) in [7, 11) is 1.63. The van der Waals surface area contributed by atoms with E-state index in [2.05, 4.69) is 0 Å². The van der Waals surface area contributed by atoms with Gasteiger partial charge in [0.25, 0.3) is 0 Å². The fraction of sp³-hybridized carbons (Fsp3) is 0.467. The lowest BCUT2D eigenvalue weighted by Gasteiger charge is -2.23. The molecule has 0 heterocycles. The summed E-state index contributed by atoms with van der Waals surface area (Å²) in [5, 5.41) is 0. The standard InChI is InChI=1S/C15H18O3/c1-10(16)3-4-11-5-6-12-9-13(18-2)7-8-14(12)15(11)17/h7-9,11H,3-6H2,1-2H3. The van der Waals surface area contributed by atoms with Gasteiger partial charge in [0.05, 0.1) is 7.11 Å². The van der Waals surface area contributed by atoms with Gasteiger partial charge in [0.15, 0.2) is 5.78 Å². The zero-order chi connectivity index (χ0) is 13.1. The highest BCUT2D eigenvalue weighted by Crippen LogP contribution is 2.30. The number of benzene rings is 1. The molecule has 3 heteroatoms. The van der Waals surface area contributed by atoms with Crippen LogP contribution < -0.4 is 4.74 Å². The van der Waals surface area contributed by atoms with E-state index in [1.165, 1.54) is 0 Å². The van der Waals surface area contributed by atoms with Crippen LogP contribution in [0.25, 0.3) is 0 Å². The summed E-state index contributed by atoms with van der Waals surface area (Å²) in [4.78, 5) is 23.3. The highest BCUT2D eigenvalue weighted by Gasteiger charge is 2.27. The Labute approximate surface area is 107 Å². The molecule has 1 aromatic rings. The summed E-state index contributed by atoms with van der Waals surface area (Å²) < 4.78 is 5.17. The van der Waals surface area contributed by atoms with E-state index in [1.807, 2.05) is 18.2 Å². The summed E-state index contributed by atoms with van der Waals surface area (Å²) in [6.45, 7) is 1.58. The van der Waals surface area contributed by atoms with Gasteiger partial charge in [0.2, 0.25) is 0 Å². The maximum Gasteiger partial charge on any atom is 0.166 e. The Balaban J connectivity index is 2.15. The van der Waals surface area contributed by atoms with Crippen molar-refractivity contribution in [2.24, 2.45) is 5.92 Å². The molecule has 0 fully saturated rings. The lowest BCUT2D eigenvalue weighted by molar-refractivity contribution is -0.117. The Kier molecular flexibility index (Phi) is 3.80. The summed E-state index contributed by atoms with van der Waals surface area (Å²) in [5.41, 5.74) is 1.87. The van der Waals surface area contributed by atoms with Crippen molar-refractivity contribution in [3.05, 3.63) is 29.3 Å². The van der Waals surface area contributed by atoms with E-state index in [1.54, 1.807) is 14.0 Å². The maximum absolute atomic E-state index is 12.3. The molecule has 0 radical (unpaired) electrons. The average Bonchev–Trinajstić information content (AvgIpc) is 2.37. The fourth-order valence-corrected chi connectivity index (χ4v) is 2.48. The second-order valence-corrected chi connectivity index (χ2v) is 4.86. The Bertz CT molecular complexity index is 477. The van der Waals surface area contributed by atoms with Crippen molar-refractivity contribution in [2.45, 2.75) is 32.6 Å². The van der Waals surface area contributed by atoms with Crippen molar-refractivity contribution >= 4 is 11.6 Å². The Hall–Kier alpha value is -1.64. The van der Waals surface area contributed by atoms with Crippen molar-refractivity contribution in [2.75, 3.05) is 7.11 Å². The van der Waals surface area contributed by atoms with Crippen LogP contribution in [-0.4, -0.2) is 18.7 Å². The lowest BCUT2D eigenvalue weighted by atomic mass is 9.80. The number of fused-ring (bicyclic) bond motifs is 1. The van der Waals surface area contributed by atoms with Gasteiger partial charge in [-0.25, -0.2) is 0 Å². The molecule has 1 unspecified atom stereocenters. The first-order chi connectivity index (χ1) is 8.61. The summed E-state index contributed by atoms with van der Waals surface area (Å²) in [6, 6.07) is 5.61. The van der Waals surface area contributed by atoms with Crippen LogP contribution in [0.2, 0.25) is 0 Å². The molecule has 0 saturated carbocycles. The van der Waals surface area contributed by atoms with Crippen molar-refractivity contribution in [3.8, 4) is 5.75 Å². The predicted molar refractivity (Wildman–Crippen MR) is 69.1 cm³/mol. The molecule has 0 N–H and O–H groups in total. The molecule has 0 amide bonds. The van der Waals surface area contributed by atoms with Crippen LogP contribution in [0, 0.1) is 5.92 Å². The van der Waals surface area contributed by atoms with Gasteiger partial charge in [0.1, 0.15) is 11.5 Å². The van der Waals surface area contributed by atoms with E-state index < -0.39 is 0 Å². The Morgan fingerprint density at radius 2 is 2.22 bits per heavy atom. The smallest absolute Gasteiger partial charge is 0.166 e. The molecular formula is C15H18O3. The molecule has 1 aliphatic carbocycles. The van der Waals surface area contributed by atoms with Crippen molar-refractivity contribution in [1.29, 1.82) is 0 Å². The molecular weight excluding hydrogens is 228 g/mol. The number of hydrogen-bond donors (Lipinski definition) is 0. The topological polar surface area (TPSA) is 43.4 Å². The van der Waals surface area contributed by atoms with Crippen LogP contribution in [0.4, 0.5) is 0 Å². The molecule has 2 rings (SSSR count). The first-order valence-corrected chi connectivity index (χ1v) is 6.32. The van der Waals surface area contributed by atoms with Crippen LogP contribution in [0.1, 0.15) is 42.1 Å². The first-order valence-electron chi connectivity index (χ1n) is 6.32. The Morgan fingerprint density at radius 3 is 2.89 bits per heavy atom. The summed E-state index contributed by atoms with van der Waals surface area (Å²) in [5.74, 6) is 1.14. The number of methoxy groups -OCH3 is 1. The normalized spacial score (nSPS) is 18.3. The lowest BCUT2D eigenvalue weighted by Crippen LogP contribution is -2.23. The zero-order valence-electron chi connectivity index (χ0n) is 10.9. The monoisotopic (exact) mass is 246 g/mol. The van der Waals surface area contributed by atoms with Gasteiger partial charge in [-0.15, -0.1) is 0 Å². The van der Waals surface area contributed by atoms with Gasteiger partial charge in [0, 0.05) is 17.9 Å². The van der Waals surface area contributed by atoms with Gasteiger partial charge in [-0.2, -0.15) is 0 Å². The number of ether oxygens (including phenoxy) is 1. The fourth-order valence-electron chi connectivity index (χ4n) is 2.48. The number of aryl methyl sites for hydroxylation is 1. The number of carbonyl (C=O) groups excluding carboxylic acids is 2. The average molecular weight is 246 g/mol. The summed E-state index contributed by atoms with van der Waals surface area (Å²) >= 11 is 0. The van der Waals surface area contributed by atoms with Gasteiger partial charge < -0.3 is 9.53 Å². The maximum atomic E-state index is 12.3. The molecule has 0 aliphatic heterocycles. The second kappa shape index (κ2) is 5.34. The van der Waals surface area contributed by atoms with Crippen LogP contribution in [0.3, 0.4) is 0 Å². The van der Waals surface area contributed by atoms with Gasteiger partial charge in [-0.3, -0.25) is 4.79 Å². The van der Waals surface area contributed by atoms with Crippen LogP contribution in [-0.2, 0) is 11.2 Å². The minimum Gasteiger partial charge on any atom is -0.497 e. The van der Waals surface area contributed by atoms with E-state index >= 15 is 0 Å². The van der Waals surface area contributed by atoms with E-state index in [0.29, 0.717) is 12.8 Å². The van der Waals surface area contributed by atoms with Crippen LogP contribution >= 0.6 is 0 Å². The molecule has 1 aromatic carbocycles. The van der Waals surface area contributed by atoms with Gasteiger partial charge in [-0.05, 0) is 49.9 Å². The molecule has 1 aliphatic rings. The number of rotatable bonds is 4. The number of carbonyl (C=O) groups is 2. The molecule has 0 spiro atoms. The molecule has 0 bridgehead atoms. The molecule has 18 heavy (non-hydrogen) atoms. The van der Waals surface area contributed by atoms with Crippen molar-refractivity contribution < 1.29 is 14.3 Å². The third-order valence-electron chi connectivity index (χ3n) is 3.56. The molecule has 1 atom stereocenters. The molecule has 3 nitrogen and oxygen atoms in total. The number of Topliss-reactive ketones (excluding diaryl/α,β-unsaturated/α-hetero) is 2. The SMILES string of the molecule is COc1ccc2c(c1)CCC(CCC(C)=O)C2=O. The quantitative estimate of drug-likeness (QED) is 0.820. The molecule has 0 saturated heterocycles. The second-order valence-electron chi connectivity index (χ2n) is 4.86. The van der Waals surface area contributed by atoms with Gasteiger partial charge in [-0.1, -0.05) is 0 Å².